The molecule has 2 aromatic carbocycles. The second kappa shape index (κ2) is 8.91. The number of aromatic nitrogens is 2. The zero-order valence-corrected chi connectivity index (χ0v) is 18.1. The van der Waals surface area contributed by atoms with Gasteiger partial charge in [0.25, 0.3) is 11.5 Å². The number of amides is 1. The summed E-state index contributed by atoms with van der Waals surface area (Å²) in [5.41, 5.74) is 0.946. The van der Waals surface area contributed by atoms with Crippen molar-refractivity contribution in [2.24, 2.45) is 0 Å². The summed E-state index contributed by atoms with van der Waals surface area (Å²) in [5, 5.41) is 24.1. The molecule has 10 heteroatoms. The number of hydrogen-bond donors (Lipinski definition) is 3. The predicted octanol–water partition coefficient (Wildman–Crippen LogP) is 2.69. The van der Waals surface area contributed by atoms with Gasteiger partial charge in [0.15, 0.2) is 5.17 Å². The lowest BCUT2D eigenvalue weighted by Crippen LogP contribution is -2.53. The van der Waals surface area contributed by atoms with E-state index in [1.54, 1.807) is 30.5 Å². The number of benzene rings is 2. The minimum Gasteiger partial charge on any atom is -0.329 e. The lowest BCUT2D eigenvalue weighted by atomic mass is 10.0. The number of halogens is 1. The summed E-state index contributed by atoms with van der Waals surface area (Å²) in [7, 11) is 0. The van der Waals surface area contributed by atoms with Crippen LogP contribution in [0.2, 0.25) is 0 Å². The molecule has 3 N–H and O–H groups in total. The molecule has 1 amide bonds. The summed E-state index contributed by atoms with van der Waals surface area (Å²) in [4.78, 5) is 28.0. The first-order valence-electron chi connectivity index (χ1n) is 9.90. The number of fused-ring (bicyclic) bond motifs is 1. The molecule has 8 nitrogen and oxygen atoms in total. The third kappa shape index (κ3) is 4.13. The topological polar surface area (TPSA) is 117 Å². The van der Waals surface area contributed by atoms with Crippen LogP contribution in [0.3, 0.4) is 0 Å². The number of carbonyl (C=O) groups is 1. The first-order chi connectivity index (χ1) is 15.4. The molecule has 2 heterocycles. The molecule has 3 aromatic rings. The average molecular weight is 453 g/mol. The van der Waals surface area contributed by atoms with E-state index < -0.39 is 11.7 Å². The maximum atomic E-state index is 14.6. The molecule has 1 aromatic heterocycles. The minimum atomic E-state index is -0.635. The highest BCUT2D eigenvalue weighted by atomic mass is 32.2. The molecule has 32 heavy (non-hydrogen) atoms. The van der Waals surface area contributed by atoms with Gasteiger partial charge in [0.2, 0.25) is 0 Å². The van der Waals surface area contributed by atoms with Gasteiger partial charge in [-0.25, -0.2) is 9.49 Å². The van der Waals surface area contributed by atoms with Gasteiger partial charge in [-0.2, -0.15) is 5.10 Å². The predicted molar refractivity (Wildman–Crippen MR) is 123 cm³/mol. The highest BCUT2D eigenvalue weighted by Crippen LogP contribution is 2.20. The van der Waals surface area contributed by atoms with E-state index in [1.807, 2.05) is 6.07 Å². The summed E-state index contributed by atoms with van der Waals surface area (Å²) in [6.07, 6.45) is 2.07. The van der Waals surface area contributed by atoms with Crippen LogP contribution < -0.4 is 5.56 Å². The summed E-state index contributed by atoms with van der Waals surface area (Å²) >= 11 is 1.22. The summed E-state index contributed by atoms with van der Waals surface area (Å²) in [6.45, 7) is 0.621. The van der Waals surface area contributed by atoms with E-state index >= 15 is 0 Å². The molecule has 1 fully saturated rings. The molecule has 0 unspecified atom stereocenters. The van der Waals surface area contributed by atoms with Crippen LogP contribution in [0.1, 0.15) is 21.6 Å². The third-order valence-corrected chi connectivity index (χ3v) is 6.00. The van der Waals surface area contributed by atoms with Crippen molar-refractivity contribution in [1.29, 1.82) is 10.8 Å². The van der Waals surface area contributed by atoms with Crippen molar-refractivity contribution < 1.29 is 9.18 Å². The maximum Gasteiger partial charge on any atom is 0.272 e. The second-order valence-corrected chi connectivity index (χ2v) is 8.17. The molecule has 0 saturated carbocycles. The Hall–Kier alpha value is -3.53. The molecule has 0 spiro atoms. The van der Waals surface area contributed by atoms with Crippen molar-refractivity contribution in [2.45, 2.75) is 6.42 Å². The SMILES string of the molecule is CSC(=N)N1CCN(C(=O)c2cc(Cc3n[nH]c(=O)c4ccccc34)ccc2F)CC1=N. The van der Waals surface area contributed by atoms with Crippen molar-refractivity contribution in [3.8, 4) is 0 Å². The lowest BCUT2D eigenvalue weighted by Gasteiger charge is -2.35. The number of rotatable bonds is 3. The number of piperazine rings is 1. The van der Waals surface area contributed by atoms with Gasteiger partial charge in [-0.1, -0.05) is 36.0 Å². The van der Waals surface area contributed by atoms with Gasteiger partial charge in [0.05, 0.1) is 23.2 Å². The van der Waals surface area contributed by atoms with Crippen LogP contribution >= 0.6 is 11.8 Å². The first kappa shape index (κ1) is 21.7. The number of aromatic amines is 1. The van der Waals surface area contributed by atoms with E-state index in [2.05, 4.69) is 10.2 Å². The molecular weight excluding hydrogens is 431 g/mol. The van der Waals surface area contributed by atoms with Crippen LogP contribution in [0, 0.1) is 16.6 Å². The lowest BCUT2D eigenvalue weighted by molar-refractivity contribution is 0.0753. The molecule has 1 saturated heterocycles. The van der Waals surface area contributed by atoms with Gasteiger partial charge in [-0.05, 0) is 30.0 Å². The molecular formula is C22H21FN6O2S. The van der Waals surface area contributed by atoms with E-state index in [0.717, 1.165) is 0 Å². The zero-order valence-electron chi connectivity index (χ0n) is 17.3. The number of H-pyrrole nitrogens is 1. The largest absolute Gasteiger partial charge is 0.329 e. The van der Waals surface area contributed by atoms with Gasteiger partial charge in [-0.15, -0.1) is 0 Å². The Morgan fingerprint density at radius 3 is 2.69 bits per heavy atom. The minimum absolute atomic E-state index is 0.0115. The molecule has 0 bridgehead atoms. The Balaban J connectivity index is 1.58. The number of nitrogens with zero attached hydrogens (tertiary/aromatic N) is 3. The van der Waals surface area contributed by atoms with Crippen molar-refractivity contribution in [2.75, 3.05) is 25.9 Å². The average Bonchev–Trinajstić information content (AvgIpc) is 2.81. The van der Waals surface area contributed by atoms with E-state index in [0.29, 0.717) is 41.5 Å². The molecule has 1 aliphatic rings. The Kier molecular flexibility index (Phi) is 6.04. The van der Waals surface area contributed by atoms with Crippen molar-refractivity contribution in [3.63, 3.8) is 0 Å². The normalized spacial score (nSPS) is 14.1. The van der Waals surface area contributed by atoms with Crippen LogP contribution in [0.15, 0.2) is 47.3 Å². The fraction of sp³-hybridized carbons (Fsp3) is 0.227. The fourth-order valence-electron chi connectivity index (χ4n) is 3.72. The van der Waals surface area contributed by atoms with Crippen LogP contribution in [0.4, 0.5) is 4.39 Å². The van der Waals surface area contributed by atoms with Gasteiger partial charge in [0, 0.05) is 24.9 Å². The van der Waals surface area contributed by atoms with Crippen molar-refractivity contribution in [1.82, 2.24) is 20.0 Å². The monoisotopic (exact) mass is 452 g/mol. The van der Waals surface area contributed by atoms with Crippen LogP contribution in [0.5, 0.6) is 0 Å². The van der Waals surface area contributed by atoms with Gasteiger partial charge >= 0.3 is 0 Å². The zero-order chi connectivity index (χ0) is 22.8. The van der Waals surface area contributed by atoms with Crippen molar-refractivity contribution >= 4 is 39.4 Å². The Bertz CT molecular complexity index is 1290. The van der Waals surface area contributed by atoms with E-state index in [1.165, 1.54) is 33.7 Å². The van der Waals surface area contributed by atoms with Crippen LogP contribution in [-0.2, 0) is 6.42 Å². The second-order valence-electron chi connectivity index (χ2n) is 7.37. The van der Waals surface area contributed by atoms with E-state index in [4.69, 9.17) is 10.8 Å². The summed E-state index contributed by atoms with van der Waals surface area (Å²) in [6, 6.07) is 11.4. The van der Waals surface area contributed by atoms with E-state index in [9.17, 15) is 14.0 Å². The molecule has 164 valence electrons. The summed E-state index contributed by atoms with van der Waals surface area (Å²) in [5.74, 6) is -1.00. The van der Waals surface area contributed by atoms with Crippen LogP contribution in [0.25, 0.3) is 10.8 Å². The smallest absolute Gasteiger partial charge is 0.272 e. The highest BCUT2D eigenvalue weighted by Gasteiger charge is 2.28. The Labute approximate surface area is 187 Å². The molecule has 0 radical (unpaired) electrons. The van der Waals surface area contributed by atoms with Gasteiger partial charge in [0.1, 0.15) is 11.7 Å². The van der Waals surface area contributed by atoms with Crippen molar-refractivity contribution in [3.05, 3.63) is 75.5 Å². The maximum absolute atomic E-state index is 14.6. The molecule has 0 aliphatic carbocycles. The van der Waals surface area contributed by atoms with Gasteiger partial charge in [-0.3, -0.25) is 20.4 Å². The summed E-state index contributed by atoms with van der Waals surface area (Å²) < 4.78 is 14.6. The fourth-order valence-corrected chi connectivity index (χ4v) is 4.15. The number of amidine groups is 2. The number of thioether (sulfide) groups is 1. The number of hydrogen-bond acceptors (Lipinski definition) is 6. The standard InChI is InChI=1S/C22H21FN6O2S/c1-32-22(25)29-9-8-28(12-19(29)24)21(31)16-10-13(6-7-17(16)23)11-18-14-4-2-3-5-15(14)20(30)27-26-18/h2-7,10,24-25H,8-9,11-12H2,1H3,(H,27,30). The highest BCUT2D eigenvalue weighted by molar-refractivity contribution is 8.13. The van der Waals surface area contributed by atoms with E-state index in [-0.39, 0.29) is 28.7 Å². The molecule has 4 rings (SSSR count). The Morgan fingerprint density at radius 2 is 1.97 bits per heavy atom. The number of nitrogens with one attached hydrogen (secondary N) is 3. The molecule has 0 atom stereocenters. The first-order valence-corrected chi connectivity index (χ1v) is 11.1. The Morgan fingerprint density at radius 1 is 1.22 bits per heavy atom. The quantitative estimate of drug-likeness (QED) is 0.417. The number of carbonyl (C=O) groups excluding carboxylic acids is 1. The molecule has 1 aliphatic heterocycles. The third-order valence-electron chi connectivity index (χ3n) is 5.39. The van der Waals surface area contributed by atoms with Gasteiger partial charge < -0.3 is 9.80 Å². The van der Waals surface area contributed by atoms with Crippen LogP contribution in [-0.4, -0.2) is 62.8 Å².